The van der Waals surface area contributed by atoms with Crippen molar-refractivity contribution in [2.45, 2.75) is 50.9 Å². The third kappa shape index (κ3) is 2.00. The molecular formula is C15H18F2N2O. The molecule has 1 aromatic carbocycles. The quantitative estimate of drug-likeness (QED) is 0.923. The molecule has 108 valence electrons. The summed E-state index contributed by atoms with van der Waals surface area (Å²) >= 11 is 0. The minimum atomic E-state index is -0.877. The number of benzene rings is 1. The van der Waals surface area contributed by atoms with Crippen LogP contribution in [0.1, 0.15) is 44.8 Å². The first-order chi connectivity index (χ1) is 9.46. The monoisotopic (exact) mass is 280 g/mol. The van der Waals surface area contributed by atoms with Crippen LogP contribution in [0.15, 0.2) is 18.2 Å². The van der Waals surface area contributed by atoms with Gasteiger partial charge in [-0.25, -0.2) is 8.78 Å². The highest BCUT2D eigenvalue weighted by Crippen LogP contribution is 2.41. The maximum Gasteiger partial charge on any atom is 0.244 e. The molecule has 1 heterocycles. The normalized spacial score (nSPS) is 30.1. The minimum absolute atomic E-state index is 0.0530. The first kappa shape index (κ1) is 13.5. The minimum Gasteiger partial charge on any atom is -0.318 e. The molecule has 1 saturated heterocycles. The highest BCUT2D eigenvalue weighted by atomic mass is 19.2. The Labute approximate surface area is 117 Å². The second kappa shape index (κ2) is 4.52. The second-order valence-electron chi connectivity index (χ2n) is 5.85. The maximum atomic E-state index is 13.4. The van der Waals surface area contributed by atoms with Crippen molar-refractivity contribution in [3.05, 3.63) is 35.4 Å². The van der Waals surface area contributed by atoms with Crippen LogP contribution in [-0.2, 0) is 4.79 Å². The fourth-order valence-electron chi connectivity index (χ4n) is 2.74. The number of nitrogens with one attached hydrogen (secondary N) is 1. The van der Waals surface area contributed by atoms with Gasteiger partial charge in [-0.15, -0.1) is 0 Å². The summed E-state index contributed by atoms with van der Waals surface area (Å²) < 4.78 is 26.5. The highest BCUT2D eigenvalue weighted by Gasteiger charge is 2.52. The Balaban J connectivity index is 1.98. The third-order valence-electron chi connectivity index (χ3n) is 4.35. The first-order valence-corrected chi connectivity index (χ1v) is 7.01. The molecular weight excluding hydrogens is 262 g/mol. The summed E-state index contributed by atoms with van der Waals surface area (Å²) in [5, 5.41) is 3.29. The average Bonchev–Trinajstić information content (AvgIpc) is 3.21. The topological polar surface area (TPSA) is 32.3 Å². The standard InChI is InChI=1S/C15H18F2N2O/c1-3-15(2)14(20)19(10-5-6-10)13(18-15)9-4-7-11(16)12(17)8-9/h4,7-8,10,13,18H,3,5-6H2,1-2H3. The fraction of sp³-hybridized carbons (Fsp3) is 0.533. The van der Waals surface area contributed by atoms with Crippen molar-refractivity contribution in [1.29, 1.82) is 0 Å². The number of halogens is 2. The molecule has 0 bridgehead atoms. The van der Waals surface area contributed by atoms with Crippen molar-refractivity contribution in [2.75, 3.05) is 0 Å². The average molecular weight is 280 g/mol. The van der Waals surface area contributed by atoms with Crippen LogP contribution in [0.4, 0.5) is 8.78 Å². The van der Waals surface area contributed by atoms with E-state index in [1.165, 1.54) is 6.07 Å². The number of hydrogen-bond acceptors (Lipinski definition) is 2. The largest absolute Gasteiger partial charge is 0.318 e. The van der Waals surface area contributed by atoms with E-state index < -0.39 is 17.2 Å². The Kier molecular flexibility index (Phi) is 3.05. The summed E-state index contributed by atoms with van der Waals surface area (Å²) in [7, 11) is 0. The zero-order valence-electron chi connectivity index (χ0n) is 11.6. The zero-order valence-corrected chi connectivity index (χ0v) is 11.6. The van der Waals surface area contributed by atoms with Gasteiger partial charge in [0.15, 0.2) is 11.6 Å². The number of rotatable bonds is 3. The smallest absolute Gasteiger partial charge is 0.244 e. The Morgan fingerprint density at radius 3 is 2.60 bits per heavy atom. The van der Waals surface area contributed by atoms with Gasteiger partial charge in [0.25, 0.3) is 0 Å². The summed E-state index contributed by atoms with van der Waals surface area (Å²) in [6.07, 6.45) is 2.26. The molecule has 1 saturated carbocycles. The molecule has 2 fully saturated rings. The van der Waals surface area contributed by atoms with E-state index in [1.807, 2.05) is 13.8 Å². The predicted molar refractivity (Wildman–Crippen MR) is 70.8 cm³/mol. The summed E-state index contributed by atoms with van der Waals surface area (Å²) in [5.74, 6) is -1.69. The molecule has 1 aliphatic carbocycles. The van der Waals surface area contributed by atoms with Crippen molar-refractivity contribution >= 4 is 5.91 Å². The van der Waals surface area contributed by atoms with Gasteiger partial charge in [0.1, 0.15) is 6.17 Å². The molecule has 5 heteroatoms. The summed E-state index contributed by atoms with van der Waals surface area (Å²) in [4.78, 5) is 14.4. The van der Waals surface area contributed by atoms with Gasteiger partial charge in [0.05, 0.1) is 5.54 Å². The van der Waals surface area contributed by atoms with Crippen LogP contribution in [-0.4, -0.2) is 22.4 Å². The number of carbonyl (C=O) groups excluding carboxylic acids is 1. The van der Waals surface area contributed by atoms with Gasteiger partial charge < -0.3 is 4.90 Å². The number of nitrogens with zero attached hydrogens (tertiary/aromatic N) is 1. The number of hydrogen-bond donors (Lipinski definition) is 1. The molecule has 1 aromatic rings. The molecule has 1 aliphatic heterocycles. The van der Waals surface area contributed by atoms with Gasteiger partial charge in [0.2, 0.25) is 5.91 Å². The van der Waals surface area contributed by atoms with E-state index in [9.17, 15) is 13.6 Å². The summed E-state index contributed by atoms with van der Waals surface area (Å²) in [5.41, 5.74) is -0.0284. The van der Waals surface area contributed by atoms with E-state index in [2.05, 4.69) is 5.32 Å². The SMILES string of the molecule is CCC1(C)NC(c2ccc(F)c(F)c2)N(C2CC2)C1=O. The molecule has 2 unspecified atom stereocenters. The Morgan fingerprint density at radius 1 is 1.35 bits per heavy atom. The number of amides is 1. The van der Waals surface area contributed by atoms with E-state index in [0.717, 1.165) is 18.9 Å². The molecule has 1 amide bonds. The molecule has 0 aromatic heterocycles. The van der Waals surface area contributed by atoms with Crippen LogP contribution in [0, 0.1) is 11.6 Å². The molecule has 2 aliphatic rings. The molecule has 2 atom stereocenters. The van der Waals surface area contributed by atoms with Crippen molar-refractivity contribution < 1.29 is 13.6 Å². The number of carbonyl (C=O) groups is 1. The van der Waals surface area contributed by atoms with Crippen molar-refractivity contribution in [2.24, 2.45) is 0 Å². The van der Waals surface area contributed by atoms with E-state index in [0.29, 0.717) is 12.0 Å². The third-order valence-corrected chi connectivity index (χ3v) is 4.35. The Morgan fingerprint density at radius 2 is 2.05 bits per heavy atom. The van der Waals surface area contributed by atoms with Gasteiger partial charge in [0, 0.05) is 6.04 Å². The predicted octanol–water partition coefficient (Wildman–Crippen LogP) is 2.73. The summed E-state index contributed by atoms with van der Waals surface area (Å²) in [6.45, 7) is 3.81. The van der Waals surface area contributed by atoms with Crippen LogP contribution < -0.4 is 5.32 Å². The van der Waals surface area contributed by atoms with Crippen LogP contribution >= 0.6 is 0 Å². The second-order valence-corrected chi connectivity index (χ2v) is 5.85. The van der Waals surface area contributed by atoms with Gasteiger partial charge in [-0.3, -0.25) is 10.1 Å². The molecule has 3 nitrogen and oxygen atoms in total. The lowest BCUT2D eigenvalue weighted by molar-refractivity contribution is -0.133. The molecule has 20 heavy (non-hydrogen) atoms. The van der Waals surface area contributed by atoms with Crippen LogP contribution in [0.25, 0.3) is 0 Å². The zero-order chi connectivity index (χ0) is 14.5. The lowest BCUT2D eigenvalue weighted by atomic mass is 9.99. The first-order valence-electron chi connectivity index (χ1n) is 7.01. The van der Waals surface area contributed by atoms with E-state index >= 15 is 0 Å². The molecule has 3 rings (SSSR count). The molecule has 0 spiro atoms. The molecule has 1 N–H and O–H groups in total. The lowest BCUT2D eigenvalue weighted by Gasteiger charge is -2.24. The summed E-state index contributed by atoms with van der Waals surface area (Å²) in [6, 6.07) is 4.06. The fourth-order valence-corrected chi connectivity index (χ4v) is 2.74. The van der Waals surface area contributed by atoms with Crippen LogP contribution in [0.3, 0.4) is 0 Å². The Bertz CT molecular complexity index is 559. The van der Waals surface area contributed by atoms with Gasteiger partial charge in [-0.2, -0.15) is 0 Å². The van der Waals surface area contributed by atoms with Crippen molar-refractivity contribution in [3.63, 3.8) is 0 Å². The van der Waals surface area contributed by atoms with E-state index in [1.54, 1.807) is 11.0 Å². The van der Waals surface area contributed by atoms with Gasteiger partial charge in [-0.1, -0.05) is 13.0 Å². The van der Waals surface area contributed by atoms with Crippen molar-refractivity contribution in [1.82, 2.24) is 10.2 Å². The van der Waals surface area contributed by atoms with E-state index in [-0.39, 0.29) is 18.1 Å². The maximum absolute atomic E-state index is 13.4. The lowest BCUT2D eigenvalue weighted by Crippen LogP contribution is -2.43. The van der Waals surface area contributed by atoms with Crippen molar-refractivity contribution in [3.8, 4) is 0 Å². The van der Waals surface area contributed by atoms with Gasteiger partial charge in [-0.05, 0) is 43.9 Å². The van der Waals surface area contributed by atoms with Crippen LogP contribution in [0.5, 0.6) is 0 Å². The highest BCUT2D eigenvalue weighted by molar-refractivity contribution is 5.89. The van der Waals surface area contributed by atoms with Crippen LogP contribution in [0.2, 0.25) is 0 Å². The van der Waals surface area contributed by atoms with E-state index in [4.69, 9.17) is 0 Å². The Hall–Kier alpha value is -1.49. The molecule has 0 radical (unpaired) electrons. The van der Waals surface area contributed by atoms with Gasteiger partial charge >= 0.3 is 0 Å².